The molecule has 1 atom stereocenters. The molecule has 8 heteroatoms. The van der Waals surface area contributed by atoms with Crippen LogP contribution in [-0.4, -0.2) is 33.5 Å². The molecule has 1 aromatic carbocycles. The summed E-state index contributed by atoms with van der Waals surface area (Å²) in [5.74, 6) is -1.40. The van der Waals surface area contributed by atoms with Gasteiger partial charge in [-0.25, -0.2) is 13.8 Å². The molecule has 1 heterocycles. The highest BCUT2D eigenvalue weighted by Crippen LogP contribution is 2.42. The number of fused-ring (bicyclic) bond motifs is 1. The number of halogens is 2. The fourth-order valence-electron chi connectivity index (χ4n) is 3.48. The predicted octanol–water partition coefficient (Wildman–Crippen LogP) is 4.84. The van der Waals surface area contributed by atoms with Crippen molar-refractivity contribution in [1.29, 1.82) is 0 Å². The first kappa shape index (κ1) is 22.0. The molecule has 1 aliphatic rings. The van der Waals surface area contributed by atoms with Crippen LogP contribution in [0.1, 0.15) is 44.2 Å². The van der Waals surface area contributed by atoms with Gasteiger partial charge < -0.3 is 19.7 Å². The van der Waals surface area contributed by atoms with Gasteiger partial charge in [0.05, 0.1) is 17.3 Å². The van der Waals surface area contributed by atoms with E-state index in [9.17, 15) is 19.4 Å². The molecular weight excluding hydrogens is 413 g/mol. The first-order chi connectivity index (χ1) is 14.3. The van der Waals surface area contributed by atoms with Gasteiger partial charge in [-0.15, -0.1) is 0 Å². The molecule has 0 aliphatic heterocycles. The second kappa shape index (κ2) is 9.43. The van der Waals surface area contributed by atoms with E-state index in [2.05, 4.69) is 0 Å². The van der Waals surface area contributed by atoms with Gasteiger partial charge in [0.2, 0.25) is 11.8 Å². The van der Waals surface area contributed by atoms with Crippen LogP contribution in [0.2, 0.25) is 5.02 Å². The number of nitrogens with zero attached hydrogens (tertiary/aromatic N) is 1. The molecule has 1 unspecified atom stereocenters. The molecule has 3 rings (SSSR count). The average Bonchev–Trinajstić information content (AvgIpc) is 2.97. The highest BCUT2D eigenvalue weighted by atomic mass is 35.5. The van der Waals surface area contributed by atoms with Crippen LogP contribution in [0.4, 0.5) is 4.39 Å². The zero-order chi connectivity index (χ0) is 21.8. The molecule has 0 amide bonds. The maximum absolute atomic E-state index is 14.7. The topological polar surface area (TPSA) is 80.9 Å². The van der Waals surface area contributed by atoms with E-state index in [1.807, 2.05) is 6.92 Å². The number of aromatic hydroxyl groups is 2. The molecule has 0 bridgehead atoms. The Bertz CT molecular complexity index is 940. The lowest BCUT2D eigenvalue weighted by Gasteiger charge is -2.15. The third kappa shape index (κ3) is 4.56. The molecule has 2 N–H and O–H groups in total. The van der Waals surface area contributed by atoms with Crippen LogP contribution in [0.25, 0.3) is 5.69 Å². The summed E-state index contributed by atoms with van der Waals surface area (Å²) < 4.78 is 26.5. The Balaban J connectivity index is 1.88. The Morgan fingerprint density at radius 3 is 2.50 bits per heavy atom. The summed E-state index contributed by atoms with van der Waals surface area (Å²) in [4.78, 5) is 11.6. The van der Waals surface area contributed by atoms with Crippen molar-refractivity contribution in [2.45, 2.75) is 52.1 Å². The molecule has 2 aromatic rings. The van der Waals surface area contributed by atoms with Crippen molar-refractivity contribution < 1.29 is 28.9 Å². The van der Waals surface area contributed by atoms with Crippen LogP contribution in [0, 0.1) is 5.82 Å². The Kier molecular flexibility index (Phi) is 6.92. The van der Waals surface area contributed by atoms with Gasteiger partial charge in [-0.2, -0.15) is 0 Å². The van der Waals surface area contributed by atoms with Gasteiger partial charge in [-0.3, -0.25) is 0 Å². The third-order valence-corrected chi connectivity index (χ3v) is 5.23. The highest BCUT2D eigenvalue weighted by molar-refractivity contribution is 6.32. The number of hydrogen-bond acceptors (Lipinski definition) is 5. The number of rotatable bonds is 7. The van der Waals surface area contributed by atoms with Gasteiger partial charge in [-0.1, -0.05) is 18.5 Å². The van der Waals surface area contributed by atoms with Crippen LogP contribution >= 0.6 is 11.6 Å². The van der Waals surface area contributed by atoms with E-state index in [1.165, 1.54) is 18.2 Å². The van der Waals surface area contributed by atoms with Crippen molar-refractivity contribution in [3.8, 4) is 23.2 Å². The second-order valence-corrected chi connectivity index (χ2v) is 7.64. The molecule has 0 saturated carbocycles. The summed E-state index contributed by atoms with van der Waals surface area (Å²) in [5.41, 5.74) is 1.20. The summed E-state index contributed by atoms with van der Waals surface area (Å²) in [6.07, 6.45) is 5.96. The summed E-state index contributed by atoms with van der Waals surface area (Å²) in [6, 6.07) is 2.39. The predicted molar refractivity (Wildman–Crippen MR) is 111 cm³/mol. The minimum absolute atomic E-state index is 0.0287. The molecule has 6 nitrogen and oxygen atoms in total. The van der Waals surface area contributed by atoms with Crippen LogP contribution in [0.15, 0.2) is 24.3 Å². The number of aromatic nitrogens is 1. The first-order valence-corrected chi connectivity index (χ1v) is 10.4. The number of carbonyl (C=O) groups excluding carboxylic acids is 1. The average molecular weight is 438 g/mol. The van der Waals surface area contributed by atoms with Gasteiger partial charge in [0, 0.05) is 23.3 Å². The molecule has 1 aromatic heterocycles. The Labute approximate surface area is 179 Å². The molecule has 0 saturated heterocycles. The maximum Gasteiger partial charge on any atom is 0.330 e. The fourth-order valence-corrected chi connectivity index (χ4v) is 3.68. The van der Waals surface area contributed by atoms with Gasteiger partial charge in [0.25, 0.3) is 0 Å². The molecule has 0 spiro atoms. The van der Waals surface area contributed by atoms with Gasteiger partial charge >= 0.3 is 5.97 Å². The zero-order valence-electron chi connectivity index (χ0n) is 17.0. The minimum atomic E-state index is -0.711. The number of hydrogen-bond donors (Lipinski definition) is 2. The van der Waals surface area contributed by atoms with Crippen molar-refractivity contribution in [1.82, 2.24) is 4.57 Å². The van der Waals surface area contributed by atoms with E-state index in [0.717, 1.165) is 29.9 Å². The number of benzene rings is 1. The Hall–Kier alpha value is -2.67. The molecule has 1 aliphatic carbocycles. The summed E-state index contributed by atoms with van der Waals surface area (Å²) in [6.45, 7) is 3.92. The van der Waals surface area contributed by atoms with Crippen molar-refractivity contribution in [2.75, 3.05) is 6.61 Å². The third-order valence-electron chi connectivity index (χ3n) is 4.94. The van der Waals surface area contributed by atoms with Crippen LogP contribution in [0.3, 0.4) is 0 Å². The standard InChI is InChI=1S/C22H25ClFNO5/c1-3-10-29-20(26)9-8-13(2)30-19-12-18(17(24)11-16(19)23)25-21(27)14-6-4-5-7-15(14)22(25)28/h8-9,11-13,27-28H,3-7,10H2,1-2H3. The quantitative estimate of drug-likeness (QED) is 0.478. The normalized spacial score (nSPS) is 14.5. The number of carbonyl (C=O) groups is 1. The zero-order valence-corrected chi connectivity index (χ0v) is 17.7. The lowest BCUT2D eigenvalue weighted by molar-refractivity contribution is -0.137. The van der Waals surface area contributed by atoms with Crippen molar-refractivity contribution in [2.24, 2.45) is 0 Å². The Morgan fingerprint density at radius 1 is 1.27 bits per heavy atom. The van der Waals surface area contributed by atoms with Crippen molar-refractivity contribution in [3.63, 3.8) is 0 Å². The molecule has 0 radical (unpaired) electrons. The van der Waals surface area contributed by atoms with Crippen LogP contribution < -0.4 is 4.74 Å². The lowest BCUT2D eigenvalue weighted by atomic mass is 9.95. The van der Waals surface area contributed by atoms with E-state index in [0.29, 0.717) is 30.6 Å². The monoisotopic (exact) mass is 437 g/mol. The second-order valence-electron chi connectivity index (χ2n) is 7.23. The van der Waals surface area contributed by atoms with E-state index in [1.54, 1.807) is 6.92 Å². The molecule has 30 heavy (non-hydrogen) atoms. The summed E-state index contributed by atoms with van der Waals surface area (Å²) in [7, 11) is 0. The maximum atomic E-state index is 14.7. The largest absolute Gasteiger partial charge is 0.494 e. The minimum Gasteiger partial charge on any atom is -0.494 e. The van der Waals surface area contributed by atoms with E-state index in [4.69, 9.17) is 21.1 Å². The molecule has 162 valence electrons. The van der Waals surface area contributed by atoms with Crippen molar-refractivity contribution in [3.05, 3.63) is 46.3 Å². The van der Waals surface area contributed by atoms with Crippen LogP contribution in [-0.2, 0) is 22.4 Å². The number of ether oxygens (including phenoxy) is 2. The summed E-state index contributed by atoms with van der Waals surface area (Å²) in [5, 5.41) is 21.2. The van der Waals surface area contributed by atoms with Gasteiger partial charge in [0.15, 0.2) is 0 Å². The highest BCUT2D eigenvalue weighted by Gasteiger charge is 2.27. The van der Waals surface area contributed by atoms with E-state index in [-0.39, 0.29) is 28.2 Å². The van der Waals surface area contributed by atoms with Gasteiger partial charge in [0.1, 0.15) is 17.7 Å². The SMILES string of the molecule is CCCOC(=O)C=CC(C)Oc1cc(-n2c(O)c3c(c2O)CCCC3)c(F)cc1Cl. The first-order valence-electron chi connectivity index (χ1n) is 9.98. The molecule has 0 fully saturated rings. The number of esters is 1. The van der Waals surface area contributed by atoms with Crippen LogP contribution in [0.5, 0.6) is 17.5 Å². The van der Waals surface area contributed by atoms with Crippen molar-refractivity contribution >= 4 is 17.6 Å². The molecular formula is C22H25ClFNO5. The fraction of sp³-hybridized carbons (Fsp3) is 0.409. The lowest BCUT2D eigenvalue weighted by Crippen LogP contribution is -2.11. The van der Waals surface area contributed by atoms with Gasteiger partial charge in [-0.05, 0) is 51.2 Å². The van der Waals surface area contributed by atoms with E-state index >= 15 is 0 Å². The van der Waals surface area contributed by atoms with E-state index < -0.39 is 17.9 Å². The smallest absolute Gasteiger partial charge is 0.330 e. The Morgan fingerprint density at radius 2 is 1.90 bits per heavy atom. The summed E-state index contributed by atoms with van der Waals surface area (Å²) >= 11 is 6.13.